The van der Waals surface area contributed by atoms with Gasteiger partial charge in [-0.2, -0.15) is 0 Å². The zero-order valence-corrected chi connectivity index (χ0v) is 12.0. The van der Waals surface area contributed by atoms with Gasteiger partial charge in [0.25, 0.3) is 0 Å². The van der Waals surface area contributed by atoms with Crippen molar-refractivity contribution in [1.29, 1.82) is 0 Å². The van der Waals surface area contributed by atoms with Gasteiger partial charge in [-0.25, -0.2) is 10.8 Å². The minimum absolute atomic E-state index is 0.361. The SMILES string of the molecule is NNC(=NC1CCCCC1)Nc1cccc2cccnc12. The molecule has 1 saturated carbocycles. The van der Waals surface area contributed by atoms with Crippen molar-refractivity contribution in [1.82, 2.24) is 10.4 Å². The Kier molecular flexibility index (Phi) is 4.31. The van der Waals surface area contributed by atoms with Crippen LogP contribution in [0.2, 0.25) is 0 Å². The molecule has 4 N–H and O–H groups in total. The zero-order valence-electron chi connectivity index (χ0n) is 12.0. The van der Waals surface area contributed by atoms with E-state index in [2.05, 4.69) is 15.7 Å². The van der Waals surface area contributed by atoms with Crippen LogP contribution in [0, 0.1) is 0 Å². The fraction of sp³-hybridized carbons (Fsp3) is 0.375. The molecule has 0 saturated heterocycles. The summed E-state index contributed by atoms with van der Waals surface area (Å²) >= 11 is 0. The number of aliphatic imine (C=N–C) groups is 1. The van der Waals surface area contributed by atoms with E-state index in [0.29, 0.717) is 12.0 Å². The molecule has 1 fully saturated rings. The van der Waals surface area contributed by atoms with Crippen LogP contribution in [-0.2, 0) is 0 Å². The maximum atomic E-state index is 5.62. The molecule has 0 atom stereocenters. The van der Waals surface area contributed by atoms with Crippen LogP contribution < -0.4 is 16.6 Å². The number of rotatable bonds is 2. The summed E-state index contributed by atoms with van der Waals surface area (Å²) in [5, 5.41) is 4.36. The third kappa shape index (κ3) is 3.31. The van der Waals surface area contributed by atoms with Crippen LogP contribution in [0.25, 0.3) is 10.9 Å². The smallest absolute Gasteiger partial charge is 0.210 e. The molecule has 0 bridgehead atoms. The Morgan fingerprint density at radius 3 is 2.76 bits per heavy atom. The Hall–Kier alpha value is -2.14. The molecule has 0 aliphatic heterocycles. The molecule has 1 heterocycles. The number of aromatic nitrogens is 1. The van der Waals surface area contributed by atoms with E-state index in [4.69, 9.17) is 10.8 Å². The molecule has 0 spiro atoms. The molecular formula is C16H21N5. The largest absolute Gasteiger partial charge is 0.323 e. The van der Waals surface area contributed by atoms with E-state index in [1.807, 2.05) is 30.3 Å². The maximum absolute atomic E-state index is 5.62. The number of hydrogen-bond donors (Lipinski definition) is 3. The van der Waals surface area contributed by atoms with Crippen LogP contribution in [0.4, 0.5) is 5.69 Å². The van der Waals surface area contributed by atoms with E-state index < -0.39 is 0 Å². The van der Waals surface area contributed by atoms with Crippen molar-refractivity contribution < 1.29 is 0 Å². The van der Waals surface area contributed by atoms with Crippen LogP contribution >= 0.6 is 0 Å². The van der Waals surface area contributed by atoms with Crippen LogP contribution in [-0.4, -0.2) is 17.0 Å². The van der Waals surface area contributed by atoms with Crippen LogP contribution in [0.15, 0.2) is 41.5 Å². The molecule has 3 rings (SSSR count). The fourth-order valence-corrected chi connectivity index (χ4v) is 2.83. The van der Waals surface area contributed by atoms with Gasteiger partial charge in [0, 0.05) is 11.6 Å². The highest BCUT2D eigenvalue weighted by Crippen LogP contribution is 2.22. The average Bonchev–Trinajstić information content (AvgIpc) is 2.55. The van der Waals surface area contributed by atoms with E-state index in [9.17, 15) is 0 Å². The standard InChI is InChI=1S/C16H21N5/c17-21-16(19-13-8-2-1-3-9-13)20-14-10-4-6-12-7-5-11-18-15(12)14/h4-7,10-11,13H,1-3,8-9,17H2,(H2,19,20,21). The van der Waals surface area contributed by atoms with E-state index >= 15 is 0 Å². The van der Waals surface area contributed by atoms with Gasteiger partial charge in [-0.3, -0.25) is 10.4 Å². The fourth-order valence-electron chi connectivity index (χ4n) is 2.83. The number of nitrogens with zero attached hydrogens (tertiary/aromatic N) is 2. The van der Waals surface area contributed by atoms with Crippen molar-refractivity contribution in [3.05, 3.63) is 36.5 Å². The van der Waals surface area contributed by atoms with Crippen molar-refractivity contribution >= 4 is 22.5 Å². The minimum Gasteiger partial charge on any atom is -0.323 e. The highest BCUT2D eigenvalue weighted by Gasteiger charge is 2.13. The van der Waals surface area contributed by atoms with Crippen LogP contribution in [0.1, 0.15) is 32.1 Å². The van der Waals surface area contributed by atoms with Gasteiger partial charge >= 0.3 is 0 Å². The molecule has 2 aromatic rings. The highest BCUT2D eigenvalue weighted by atomic mass is 15.3. The van der Waals surface area contributed by atoms with Crippen molar-refractivity contribution in [2.45, 2.75) is 38.1 Å². The van der Waals surface area contributed by atoms with Gasteiger partial charge in [-0.1, -0.05) is 37.5 Å². The number of para-hydroxylation sites is 1. The number of nitrogens with one attached hydrogen (secondary N) is 2. The average molecular weight is 283 g/mol. The number of hydrogen-bond acceptors (Lipinski definition) is 3. The molecule has 5 nitrogen and oxygen atoms in total. The summed E-state index contributed by atoms with van der Waals surface area (Å²) in [6.45, 7) is 0. The third-order valence-electron chi connectivity index (χ3n) is 3.91. The zero-order chi connectivity index (χ0) is 14.5. The second-order valence-corrected chi connectivity index (χ2v) is 5.42. The first kappa shape index (κ1) is 13.8. The number of nitrogens with two attached hydrogens (primary N) is 1. The summed E-state index contributed by atoms with van der Waals surface area (Å²) in [7, 11) is 0. The maximum Gasteiger partial charge on any atom is 0.210 e. The molecule has 0 radical (unpaired) electrons. The lowest BCUT2D eigenvalue weighted by atomic mass is 9.96. The van der Waals surface area contributed by atoms with Crippen molar-refractivity contribution in [3.8, 4) is 0 Å². The summed E-state index contributed by atoms with van der Waals surface area (Å²) in [6, 6.07) is 10.4. The molecule has 21 heavy (non-hydrogen) atoms. The van der Waals surface area contributed by atoms with Crippen LogP contribution in [0.3, 0.4) is 0 Å². The summed E-state index contributed by atoms with van der Waals surface area (Å²) in [6.07, 6.45) is 7.89. The lowest BCUT2D eigenvalue weighted by Crippen LogP contribution is -2.37. The number of fused-ring (bicyclic) bond motifs is 1. The van der Waals surface area contributed by atoms with E-state index in [1.54, 1.807) is 6.20 Å². The molecule has 110 valence electrons. The Balaban J connectivity index is 1.83. The topological polar surface area (TPSA) is 75.3 Å². The first-order valence-corrected chi connectivity index (χ1v) is 7.52. The van der Waals surface area contributed by atoms with Crippen molar-refractivity contribution in [2.75, 3.05) is 5.32 Å². The molecule has 1 aromatic heterocycles. The van der Waals surface area contributed by atoms with Gasteiger partial charge in [0.2, 0.25) is 5.96 Å². The molecule has 5 heteroatoms. The lowest BCUT2D eigenvalue weighted by Gasteiger charge is -2.19. The number of anilines is 1. The van der Waals surface area contributed by atoms with Crippen molar-refractivity contribution in [2.24, 2.45) is 10.8 Å². The predicted octanol–water partition coefficient (Wildman–Crippen LogP) is 2.80. The van der Waals surface area contributed by atoms with Gasteiger partial charge in [-0.05, 0) is 25.0 Å². The number of pyridine rings is 1. The molecular weight excluding hydrogens is 262 g/mol. The van der Waals surface area contributed by atoms with Crippen LogP contribution in [0.5, 0.6) is 0 Å². The van der Waals surface area contributed by atoms with E-state index in [-0.39, 0.29) is 0 Å². The quantitative estimate of drug-likeness (QED) is 0.343. The van der Waals surface area contributed by atoms with Gasteiger partial charge < -0.3 is 5.32 Å². The normalized spacial score (nSPS) is 16.9. The summed E-state index contributed by atoms with van der Waals surface area (Å²) in [4.78, 5) is 9.13. The lowest BCUT2D eigenvalue weighted by molar-refractivity contribution is 0.442. The second kappa shape index (κ2) is 6.54. The Labute approximate surface area is 124 Å². The number of guanidine groups is 1. The molecule has 0 unspecified atom stereocenters. The Morgan fingerprint density at radius 1 is 1.14 bits per heavy atom. The van der Waals surface area contributed by atoms with Gasteiger partial charge in [0.1, 0.15) is 0 Å². The summed E-state index contributed by atoms with van der Waals surface area (Å²) in [5.41, 5.74) is 4.51. The molecule has 1 aromatic carbocycles. The van der Waals surface area contributed by atoms with Gasteiger partial charge in [0.15, 0.2) is 0 Å². The monoisotopic (exact) mass is 283 g/mol. The molecule has 1 aliphatic carbocycles. The summed E-state index contributed by atoms with van der Waals surface area (Å²) in [5.74, 6) is 6.23. The summed E-state index contributed by atoms with van der Waals surface area (Å²) < 4.78 is 0. The van der Waals surface area contributed by atoms with Crippen molar-refractivity contribution in [3.63, 3.8) is 0 Å². The first-order valence-electron chi connectivity index (χ1n) is 7.52. The first-order chi connectivity index (χ1) is 10.4. The minimum atomic E-state index is 0.361. The number of benzene rings is 1. The third-order valence-corrected chi connectivity index (χ3v) is 3.91. The Morgan fingerprint density at radius 2 is 1.95 bits per heavy atom. The second-order valence-electron chi connectivity index (χ2n) is 5.42. The molecule has 0 amide bonds. The van der Waals surface area contributed by atoms with Gasteiger partial charge in [-0.15, -0.1) is 0 Å². The highest BCUT2D eigenvalue weighted by molar-refractivity contribution is 6.01. The van der Waals surface area contributed by atoms with Gasteiger partial charge in [0.05, 0.1) is 17.2 Å². The predicted molar refractivity (Wildman–Crippen MR) is 87.0 cm³/mol. The molecule has 1 aliphatic rings. The van der Waals surface area contributed by atoms with E-state index in [1.165, 1.54) is 19.3 Å². The number of hydrazine groups is 1. The van der Waals surface area contributed by atoms with E-state index in [0.717, 1.165) is 29.4 Å². The Bertz CT molecular complexity index is 626.